The third-order valence-corrected chi connectivity index (χ3v) is 4.14. The van der Waals surface area contributed by atoms with Crippen LogP contribution in [-0.2, 0) is 4.74 Å². The summed E-state index contributed by atoms with van der Waals surface area (Å²) in [5, 5.41) is 0. The number of nitrogens with zero attached hydrogens (tertiary/aromatic N) is 3. The summed E-state index contributed by atoms with van der Waals surface area (Å²) in [6.45, 7) is 1.28. The van der Waals surface area contributed by atoms with Crippen LogP contribution < -0.4 is 0 Å². The van der Waals surface area contributed by atoms with Crippen molar-refractivity contribution in [3.8, 4) is 0 Å². The lowest BCUT2D eigenvalue weighted by molar-refractivity contribution is -0.00746. The Balaban J connectivity index is 1.70. The second-order valence-electron chi connectivity index (χ2n) is 5.38. The van der Waals surface area contributed by atoms with Crippen LogP contribution in [0.2, 0.25) is 0 Å². The highest BCUT2D eigenvalue weighted by atomic mass is 16.5. The Bertz CT molecular complexity index is 657. The zero-order valence-corrected chi connectivity index (χ0v) is 11.0. The number of para-hydroxylation sites is 2. The van der Waals surface area contributed by atoms with Gasteiger partial charge in [0.2, 0.25) is 0 Å². The van der Waals surface area contributed by atoms with Gasteiger partial charge in [-0.05, 0) is 25.0 Å². The normalized spacial score (nSPS) is 25.1. The topological polar surface area (TPSA) is 55.3 Å². The molecule has 2 aliphatic rings. The highest BCUT2D eigenvalue weighted by molar-refractivity contribution is 5.94. The van der Waals surface area contributed by atoms with Gasteiger partial charge in [-0.1, -0.05) is 12.1 Å². The predicted molar refractivity (Wildman–Crippen MR) is 73.3 cm³/mol. The smallest absolute Gasteiger partial charge is 0.274 e. The van der Waals surface area contributed by atoms with Gasteiger partial charge in [0.15, 0.2) is 0 Å². The molecule has 2 saturated heterocycles. The number of hydrogen-bond acceptors (Lipinski definition) is 4. The third kappa shape index (κ3) is 1.78. The molecule has 0 N–H and O–H groups in total. The zero-order valence-electron chi connectivity index (χ0n) is 11.0. The zero-order chi connectivity index (χ0) is 13.5. The Morgan fingerprint density at radius 1 is 1.15 bits per heavy atom. The highest BCUT2D eigenvalue weighted by Gasteiger charge is 2.41. The summed E-state index contributed by atoms with van der Waals surface area (Å²) in [6, 6.07) is 8.01. The maximum Gasteiger partial charge on any atom is 0.274 e. The van der Waals surface area contributed by atoms with E-state index in [1.165, 1.54) is 0 Å². The molecule has 0 unspecified atom stereocenters. The quantitative estimate of drug-likeness (QED) is 0.789. The summed E-state index contributed by atoms with van der Waals surface area (Å²) in [5.74, 6) is -0.0148. The Hall–Kier alpha value is -2.01. The van der Waals surface area contributed by atoms with Crippen molar-refractivity contribution in [1.29, 1.82) is 0 Å². The van der Waals surface area contributed by atoms with E-state index < -0.39 is 0 Å². The van der Waals surface area contributed by atoms with Gasteiger partial charge in [0.05, 0.1) is 42.5 Å². The molecule has 1 aromatic carbocycles. The van der Waals surface area contributed by atoms with Gasteiger partial charge in [-0.2, -0.15) is 0 Å². The molecule has 5 heteroatoms. The molecule has 5 nitrogen and oxygen atoms in total. The van der Waals surface area contributed by atoms with Crippen molar-refractivity contribution in [2.75, 3.05) is 13.2 Å². The van der Waals surface area contributed by atoms with Gasteiger partial charge in [0, 0.05) is 0 Å². The molecule has 0 radical (unpaired) electrons. The molecule has 0 saturated carbocycles. The standard InChI is InChI=1S/C15H15N3O2/c19-15(18-10-5-6-11(18)9-20-8-10)14-7-16-12-3-1-2-4-13(12)17-14/h1-4,7,10-11H,5-6,8-9H2/t10-,11-/m1/s1. The molecule has 4 rings (SSSR count). The fraction of sp³-hybridized carbons (Fsp3) is 0.400. The van der Waals surface area contributed by atoms with Crippen molar-refractivity contribution in [2.24, 2.45) is 0 Å². The van der Waals surface area contributed by atoms with Crippen LogP contribution in [0.1, 0.15) is 23.3 Å². The summed E-state index contributed by atoms with van der Waals surface area (Å²) < 4.78 is 5.51. The van der Waals surface area contributed by atoms with Crippen LogP contribution in [0.15, 0.2) is 30.5 Å². The summed E-state index contributed by atoms with van der Waals surface area (Å²) in [4.78, 5) is 23.4. The number of benzene rings is 1. The van der Waals surface area contributed by atoms with Gasteiger partial charge in [-0.15, -0.1) is 0 Å². The summed E-state index contributed by atoms with van der Waals surface area (Å²) >= 11 is 0. The van der Waals surface area contributed by atoms with Crippen molar-refractivity contribution < 1.29 is 9.53 Å². The van der Waals surface area contributed by atoms with Crippen LogP contribution >= 0.6 is 0 Å². The number of rotatable bonds is 1. The molecule has 2 aromatic rings. The fourth-order valence-corrected chi connectivity index (χ4v) is 3.15. The van der Waals surface area contributed by atoms with E-state index in [-0.39, 0.29) is 18.0 Å². The number of amides is 1. The lowest BCUT2D eigenvalue weighted by atomic mass is 10.2. The number of morpholine rings is 1. The molecule has 2 atom stereocenters. The van der Waals surface area contributed by atoms with Crippen molar-refractivity contribution in [3.05, 3.63) is 36.2 Å². The van der Waals surface area contributed by atoms with Crippen LogP contribution in [-0.4, -0.2) is 46.1 Å². The van der Waals surface area contributed by atoms with E-state index in [0.717, 1.165) is 23.9 Å². The predicted octanol–water partition coefficient (Wildman–Crippen LogP) is 1.63. The Morgan fingerprint density at radius 2 is 1.85 bits per heavy atom. The molecule has 102 valence electrons. The first-order valence-corrected chi connectivity index (χ1v) is 6.95. The van der Waals surface area contributed by atoms with Gasteiger partial charge in [0.1, 0.15) is 5.69 Å². The van der Waals surface area contributed by atoms with Gasteiger partial charge in [0.25, 0.3) is 5.91 Å². The molecule has 0 spiro atoms. The van der Waals surface area contributed by atoms with Crippen LogP contribution in [0, 0.1) is 0 Å². The van der Waals surface area contributed by atoms with E-state index >= 15 is 0 Å². The summed E-state index contributed by atoms with van der Waals surface area (Å²) in [7, 11) is 0. The minimum absolute atomic E-state index is 0.0148. The Labute approximate surface area is 116 Å². The third-order valence-electron chi connectivity index (χ3n) is 4.14. The first-order valence-electron chi connectivity index (χ1n) is 6.95. The molecule has 2 aliphatic heterocycles. The minimum Gasteiger partial charge on any atom is -0.377 e. The van der Waals surface area contributed by atoms with Crippen molar-refractivity contribution in [2.45, 2.75) is 24.9 Å². The van der Waals surface area contributed by atoms with E-state index in [1.54, 1.807) is 6.20 Å². The monoisotopic (exact) mass is 269 g/mol. The molecule has 2 bridgehead atoms. The average molecular weight is 269 g/mol. The highest BCUT2D eigenvalue weighted by Crippen LogP contribution is 2.30. The second-order valence-corrected chi connectivity index (χ2v) is 5.38. The lowest BCUT2D eigenvalue weighted by Gasteiger charge is -2.34. The molecular formula is C15H15N3O2. The van der Waals surface area contributed by atoms with E-state index in [4.69, 9.17) is 4.74 Å². The first kappa shape index (κ1) is 11.8. The summed E-state index contributed by atoms with van der Waals surface area (Å²) in [5.41, 5.74) is 2.01. The van der Waals surface area contributed by atoms with Crippen molar-refractivity contribution >= 4 is 16.9 Å². The van der Waals surface area contributed by atoms with E-state index in [2.05, 4.69) is 9.97 Å². The number of fused-ring (bicyclic) bond motifs is 3. The van der Waals surface area contributed by atoms with E-state index in [9.17, 15) is 4.79 Å². The largest absolute Gasteiger partial charge is 0.377 e. The lowest BCUT2D eigenvalue weighted by Crippen LogP contribution is -2.49. The van der Waals surface area contributed by atoms with Crippen molar-refractivity contribution in [1.82, 2.24) is 14.9 Å². The first-order chi connectivity index (χ1) is 9.83. The molecule has 20 heavy (non-hydrogen) atoms. The Kier molecular flexibility index (Phi) is 2.67. The number of carbonyl (C=O) groups is 1. The molecule has 0 aliphatic carbocycles. The molecule has 3 heterocycles. The van der Waals surface area contributed by atoms with Gasteiger partial charge in [-0.25, -0.2) is 4.98 Å². The number of aromatic nitrogens is 2. The number of carbonyl (C=O) groups excluding carboxylic acids is 1. The van der Waals surface area contributed by atoms with Gasteiger partial charge >= 0.3 is 0 Å². The fourth-order valence-electron chi connectivity index (χ4n) is 3.15. The second kappa shape index (κ2) is 4.52. The number of hydrogen-bond donors (Lipinski definition) is 0. The van der Waals surface area contributed by atoms with Gasteiger partial charge < -0.3 is 9.64 Å². The summed E-state index contributed by atoms with van der Waals surface area (Å²) in [6.07, 6.45) is 3.63. The molecule has 1 amide bonds. The van der Waals surface area contributed by atoms with Crippen LogP contribution in [0.25, 0.3) is 11.0 Å². The van der Waals surface area contributed by atoms with Crippen molar-refractivity contribution in [3.63, 3.8) is 0 Å². The SMILES string of the molecule is O=C(c1cnc2ccccc2n1)N1[C@@H]2CC[C@@H]1COC2. The van der Waals surface area contributed by atoms with Crippen LogP contribution in [0.3, 0.4) is 0 Å². The molecular weight excluding hydrogens is 254 g/mol. The van der Waals surface area contributed by atoms with Crippen LogP contribution in [0.5, 0.6) is 0 Å². The Morgan fingerprint density at radius 3 is 2.60 bits per heavy atom. The average Bonchev–Trinajstić information content (AvgIpc) is 2.75. The minimum atomic E-state index is -0.0148. The molecule has 2 fully saturated rings. The maximum absolute atomic E-state index is 12.7. The van der Waals surface area contributed by atoms with Crippen LogP contribution in [0.4, 0.5) is 0 Å². The maximum atomic E-state index is 12.7. The molecule has 1 aromatic heterocycles. The number of ether oxygens (including phenoxy) is 1. The van der Waals surface area contributed by atoms with E-state index in [0.29, 0.717) is 18.9 Å². The van der Waals surface area contributed by atoms with Gasteiger partial charge in [-0.3, -0.25) is 9.78 Å². The van der Waals surface area contributed by atoms with E-state index in [1.807, 2.05) is 29.2 Å².